The van der Waals surface area contributed by atoms with Gasteiger partial charge in [0.15, 0.2) is 0 Å². The highest BCUT2D eigenvalue weighted by Crippen LogP contribution is 2.40. The van der Waals surface area contributed by atoms with Gasteiger partial charge in [-0.3, -0.25) is 9.59 Å². The maximum atomic E-state index is 13.5. The van der Waals surface area contributed by atoms with Crippen molar-refractivity contribution in [3.8, 4) is 0 Å². The summed E-state index contributed by atoms with van der Waals surface area (Å²) in [7, 11) is 0. The second-order valence-electron chi connectivity index (χ2n) is 7.39. The number of aryl methyl sites for hydroxylation is 1. The van der Waals surface area contributed by atoms with Crippen LogP contribution in [0.1, 0.15) is 31.2 Å². The van der Waals surface area contributed by atoms with Crippen LogP contribution >= 0.6 is 23.4 Å². The normalized spacial score (nSPS) is 17.9. The topological polar surface area (TPSA) is 40.6 Å². The molecular weight excluding hydrogens is 404 g/mol. The standard InChI is InChI=1S/C23H23ClN2O2S/c1-16-10-12-17(13-11-16)29-21-20(25-14-6-2-3-7-15-25)22(27)26(23(21)28)19-9-5-4-8-18(19)24/h4-5,8-13H,2-3,6-7,14-15H2,1H3. The summed E-state index contributed by atoms with van der Waals surface area (Å²) in [5.74, 6) is -0.576. The van der Waals surface area contributed by atoms with E-state index in [4.69, 9.17) is 11.6 Å². The molecule has 2 aliphatic rings. The van der Waals surface area contributed by atoms with Crippen LogP contribution in [0.25, 0.3) is 0 Å². The summed E-state index contributed by atoms with van der Waals surface area (Å²) in [5, 5.41) is 0.394. The van der Waals surface area contributed by atoms with Crippen LogP contribution in [0.5, 0.6) is 0 Å². The molecule has 2 heterocycles. The Kier molecular flexibility index (Phi) is 5.97. The first-order valence-corrected chi connectivity index (χ1v) is 11.1. The van der Waals surface area contributed by atoms with E-state index in [1.165, 1.54) is 16.7 Å². The highest BCUT2D eigenvalue weighted by atomic mass is 35.5. The lowest BCUT2D eigenvalue weighted by atomic mass is 10.2. The lowest BCUT2D eigenvalue weighted by Crippen LogP contribution is -2.35. The number of para-hydroxylation sites is 1. The van der Waals surface area contributed by atoms with Gasteiger partial charge in [0.05, 0.1) is 10.7 Å². The van der Waals surface area contributed by atoms with Crippen molar-refractivity contribution in [2.75, 3.05) is 18.0 Å². The molecule has 0 spiro atoms. The zero-order chi connectivity index (χ0) is 20.4. The lowest BCUT2D eigenvalue weighted by molar-refractivity contribution is -0.121. The minimum absolute atomic E-state index is 0.278. The molecule has 0 atom stereocenters. The van der Waals surface area contributed by atoms with Crippen LogP contribution in [0, 0.1) is 6.92 Å². The average Bonchev–Trinajstić information content (AvgIpc) is 2.89. The molecule has 2 aromatic carbocycles. The van der Waals surface area contributed by atoms with Crippen LogP contribution in [0.2, 0.25) is 5.02 Å². The number of carbonyl (C=O) groups is 2. The van der Waals surface area contributed by atoms with Crippen molar-refractivity contribution in [2.45, 2.75) is 37.5 Å². The van der Waals surface area contributed by atoms with Gasteiger partial charge in [-0.15, -0.1) is 0 Å². The number of likely N-dealkylation sites (tertiary alicyclic amines) is 1. The number of benzene rings is 2. The van der Waals surface area contributed by atoms with Crippen LogP contribution in [-0.2, 0) is 9.59 Å². The van der Waals surface area contributed by atoms with E-state index in [1.54, 1.807) is 24.3 Å². The molecule has 0 aromatic heterocycles. The summed E-state index contributed by atoms with van der Waals surface area (Å²) >= 11 is 7.70. The third kappa shape index (κ3) is 4.07. The van der Waals surface area contributed by atoms with Gasteiger partial charge in [0, 0.05) is 18.0 Å². The first kappa shape index (κ1) is 20.0. The molecule has 1 saturated heterocycles. The van der Waals surface area contributed by atoms with Gasteiger partial charge in [0.1, 0.15) is 10.6 Å². The number of thioether (sulfide) groups is 1. The van der Waals surface area contributed by atoms with Gasteiger partial charge in [0.25, 0.3) is 11.8 Å². The van der Waals surface area contributed by atoms with Crippen molar-refractivity contribution >= 4 is 40.9 Å². The highest BCUT2D eigenvalue weighted by molar-refractivity contribution is 8.04. The highest BCUT2D eigenvalue weighted by Gasteiger charge is 2.43. The fourth-order valence-corrected chi connectivity index (χ4v) is 4.96. The van der Waals surface area contributed by atoms with E-state index in [2.05, 4.69) is 4.90 Å². The number of hydrogen-bond acceptors (Lipinski definition) is 4. The predicted octanol–water partition coefficient (Wildman–Crippen LogP) is 5.40. The van der Waals surface area contributed by atoms with Crippen LogP contribution in [0.15, 0.2) is 64.0 Å². The van der Waals surface area contributed by atoms with Crippen molar-refractivity contribution in [3.63, 3.8) is 0 Å². The monoisotopic (exact) mass is 426 g/mol. The van der Waals surface area contributed by atoms with Crippen molar-refractivity contribution in [2.24, 2.45) is 0 Å². The summed E-state index contributed by atoms with van der Waals surface area (Å²) < 4.78 is 0. The predicted molar refractivity (Wildman–Crippen MR) is 118 cm³/mol. The van der Waals surface area contributed by atoms with E-state index < -0.39 is 0 Å². The fraction of sp³-hybridized carbons (Fsp3) is 0.304. The van der Waals surface area contributed by atoms with Crippen molar-refractivity contribution in [1.82, 2.24) is 4.90 Å². The number of rotatable bonds is 4. The second-order valence-corrected chi connectivity index (χ2v) is 8.88. The Morgan fingerprint density at radius 3 is 2.17 bits per heavy atom. The van der Waals surface area contributed by atoms with E-state index >= 15 is 0 Å². The largest absolute Gasteiger partial charge is 0.366 e. The number of carbonyl (C=O) groups excluding carboxylic acids is 2. The van der Waals surface area contributed by atoms with Gasteiger partial charge >= 0.3 is 0 Å². The van der Waals surface area contributed by atoms with Gasteiger partial charge < -0.3 is 4.90 Å². The molecule has 29 heavy (non-hydrogen) atoms. The van der Waals surface area contributed by atoms with E-state index in [0.717, 1.165) is 49.2 Å². The van der Waals surface area contributed by atoms with E-state index in [9.17, 15) is 9.59 Å². The first-order chi connectivity index (χ1) is 14.1. The number of nitrogens with zero attached hydrogens (tertiary/aromatic N) is 2. The maximum Gasteiger partial charge on any atom is 0.283 e. The van der Waals surface area contributed by atoms with Gasteiger partial charge in [-0.1, -0.05) is 66.0 Å². The molecular formula is C23H23ClN2O2S. The van der Waals surface area contributed by atoms with Gasteiger partial charge in [-0.05, 0) is 44.0 Å². The number of hydrogen-bond donors (Lipinski definition) is 0. The number of imide groups is 1. The molecule has 2 aromatic rings. The molecule has 0 unspecified atom stereocenters. The Morgan fingerprint density at radius 1 is 0.862 bits per heavy atom. The van der Waals surface area contributed by atoms with Crippen LogP contribution in [-0.4, -0.2) is 29.8 Å². The second kappa shape index (κ2) is 8.64. The van der Waals surface area contributed by atoms with Crippen molar-refractivity contribution < 1.29 is 9.59 Å². The Bertz CT molecular complexity index is 963. The summed E-state index contributed by atoms with van der Waals surface area (Å²) in [4.78, 5) is 31.7. The van der Waals surface area contributed by atoms with Gasteiger partial charge in [0.2, 0.25) is 0 Å². The molecule has 2 amide bonds. The van der Waals surface area contributed by atoms with Crippen molar-refractivity contribution in [3.05, 3.63) is 69.7 Å². The molecule has 1 fully saturated rings. The smallest absolute Gasteiger partial charge is 0.283 e. The molecule has 0 aliphatic carbocycles. The first-order valence-electron chi connectivity index (χ1n) is 9.93. The minimum Gasteiger partial charge on any atom is -0.366 e. The summed E-state index contributed by atoms with van der Waals surface area (Å²) in [6.45, 7) is 3.62. The Morgan fingerprint density at radius 2 is 1.52 bits per heavy atom. The molecule has 0 radical (unpaired) electrons. The third-order valence-corrected chi connectivity index (χ3v) is 6.67. The van der Waals surface area contributed by atoms with Crippen LogP contribution < -0.4 is 4.90 Å². The third-order valence-electron chi connectivity index (χ3n) is 5.27. The lowest BCUT2D eigenvalue weighted by Gasteiger charge is -2.24. The zero-order valence-electron chi connectivity index (χ0n) is 16.4. The number of halogens is 1. The van der Waals surface area contributed by atoms with E-state index in [1.807, 2.05) is 31.2 Å². The molecule has 4 rings (SSSR count). The number of anilines is 1. The Labute approximate surface area is 180 Å². The SMILES string of the molecule is Cc1ccc(SC2=C(N3CCCCCC3)C(=O)N(c3ccccc3Cl)C2=O)cc1. The average molecular weight is 427 g/mol. The van der Waals surface area contributed by atoms with Gasteiger partial charge in [-0.2, -0.15) is 0 Å². The van der Waals surface area contributed by atoms with Crippen LogP contribution in [0.3, 0.4) is 0 Å². The summed E-state index contributed by atoms with van der Waals surface area (Å²) in [6.07, 6.45) is 4.36. The quantitative estimate of drug-likeness (QED) is 0.613. The van der Waals surface area contributed by atoms with Crippen LogP contribution in [0.4, 0.5) is 5.69 Å². The van der Waals surface area contributed by atoms with Gasteiger partial charge in [-0.25, -0.2) is 4.90 Å². The van der Waals surface area contributed by atoms with Crippen molar-refractivity contribution in [1.29, 1.82) is 0 Å². The molecule has 2 aliphatic heterocycles. The Balaban J connectivity index is 1.75. The summed E-state index contributed by atoms with van der Waals surface area (Å²) in [6, 6.07) is 15.0. The number of amides is 2. The minimum atomic E-state index is -0.298. The maximum absolute atomic E-state index is 13.5. The zero-order valence-corrected chi connectivity index (χ0v) is 17.9. The molecule has 0 bridgehead atoms. The Hall–Kier alpha value is -2.24. The molecule has 6 heteroatoms. The molecule has 150 valence electrons. The summed E-state index contributed by atoms with van der Waals surface area (Å²) in [5.41, 5.74) is 2.11. The molecule has 0 saturated carbocycles. The molecule has 4 nitrogen and oxygen atoms in total. The molecule has 0 N–H and O–H groups in total. The van der Waals surface area contributed by atoms with E-state index in [-0.39, 0.29) is 11.8 Å². The fourth-order valence-electron chi connectivity index (χ4n) is 3.74. The van der Waals surface area contributed by atoms with E-state index in [0.29, 0.717) is 21.3 Å².